The van der Waals surface area contributed by atoms with Crippen molar-refractivity contribution in [3.63, 3.8) is 0 Å². The molecule has 2 aromatic carbocycles. The van der Waals surface area contributed by atoms with Gasteiger partial charge >= 0.3 is 0 Å². The first-order chi connectivity index (χ1) is 9.11. The van der Waals surface area contributed by atoms with Crippen molar-refractivity contribution in [3.05, 3.63) is 61.6 Å². The highest BCUT2D eigenvalue weighted by Gasteiger charge is 2.12. The Labute approximate surface area is 142 Å². The van der Waals surface area contributed by atoms with Crippen molar-refractivity contribution in [2.75, 3.05) is 5.32 Å². The predicted molar refractivity (Wildman–Crippen MR) is 93.9 cm³/mol. The SMILES string of the molecule is O=C(Nc1ccccc1CBr)c1cc(I)ccc1Br. The second-order valence-electron chi connectivity index (χ2n) is 3.87. The van der Waals surface area contributed by atoms with Gasteiger partial charge in [0.05, 0.1) is 5.56 Å². The number of carbonyl (C=O) groups excluding carboxylic acids is 1. The number of rotatable bonds is 3. The molecule has 2 nitrogen and oxygen atoms in total. The predicted octanol–water partition coefficient (Wildman–Crippen LogP) is 5.20. The molecular weight excluding hydrogens is 485 g/mol. The highest BCUT2D eigenvalue weighted by molar-refractivity contribution is 14.1. The van der Waals surface area contributed by atoms with Crippen LogP contribution in [0.15, 0.2) is 46.9 Å². The molecule has 2 rings (SSSR count). The smallest absolute Gasteiger partial charge is 0.256 e. The summed E-state index contributed by atoms with van der Waals surface area (Å²) < 4.78 is 1.82. The van der Waals surface area contributed by atoms with Gasteiger partial charge in [0.15, 0.2) is 0 Å². The fourth-order valence-corrected chi connectivity index (χ4v) is 3.03. The number of alkyl halides is 1. The molecule has 2 aromatic rings. The zero-order chi connectivity index (χ0) is 13.8. The molecule has 0 bridgehead atoms. The molecule has 1 amide bonds. The Morgan fingerprint density at radius 1 is 1.21 bits per heavy atom. The van der Waals surface area contributed by atoms with E-state index in [0.717, 1.165) is 19.3 Å². The average molecular weight is 495 g/mol. The maximum absolute atomic E-state index is 12.3. The third-order valence-corrected chi connectivity index (χ3v) is 4.55. The van der Waals surface area contributed by atoms with Crippen molar-refractivity contribution in [2.24, 2.45) is 0 Å². The highest BCUT2D eigenvalue weighted by atomic mass is 127. The fourth-order valence-electron chi connectivity index (χ4n) is 1.62. The van der Waals surface area contributed by atoms with Crippen LogP contribution in [-0.4, -0.2) is 5.91 Å². The van der Waals surface area contributed by atoms with Crippen LogP contribution in [0.5, 0.6) is 0 Å². The van der Waals surface area contributed by atoms with Gasteiger partial charge in [0.2, 0.25) is 0 Å². The van der Waals surface area contributed by atoms with Gasteiger partial charge in [-0.3, -0.25) is 4.79 Å². The molecule has 0 saturated carbocycles. The number of amides is 1. The molecule has 0 fully saturated rings. The summed E-state index contributed by atoms with van der Waals surface area (Å²) in [6.45, 7) is 0. The second-order valence-corrected chi connectivity index (χ2v) is 6.53. The number of hydrogen-bond acceptors (Lipinski definition) is 1. The van der Waals surface area contributed by atoms with Crippen molar-refractivity contribution < 1.29 is 4.79 Å². The first-order valence-corrected chi connectivity index (χ1v) is 8.51. The fraction of sp³-hybridized carbons (Fsp3) is 0.0714. The minimum Gasteiger partial charge on any atom is -0.322 e. The van der Waals surface area contributed by atoms with E-state index >= 15 is 0 Å². The molecule has 0 aromatic heterocycles. The molecule has 0 aliphatic heterocycles. The summed E-state index contributed by atoms with van der Waals surface area (Å²) in [6.07, 6.45) is 0. The maximum atomic E-state index is 12.3. The minimum atomic E-state index is -0.112. The van der Waals surface area contributed by atoms with Crippen LogP contribution in [-0.2, 0) is 5.33 Å². The second kappa shape index (κ2) is 6.85. The van der Waals surface area contributed by atoms with Crippen molar-refractivity contribution in [1.82, 2.24) is 0 Å². The molecule has 0 aliphatic rings. The van der Waals surface area contributed by atoms with Crippen LogP contribution in [0.3, 0.4) is 0 Å². The third-order valence-electron chi connectivity index (χ3n) is 2.58. The summed E-state index contributed by atoms with van der Waals surface area (Å²) in [5.74, 6) is -0.112. The van der Waals surface area contributed by atoms with Gasteiger partial charge in [-0.15, -0.1) is 0 Å². The van der Waals surface area contributed by atoms with Crippen LogP contribution in [0.25, 0.3) is 0 Å². The Morgan fingerprint density at radius 2 is 1.95 bits per heavy atom. The van der Waals surface area contributed by atoms with E-state index in [-0.39, 0.29) is 5.91 Å². The molecule has 19 heavy (non-hydrogen) atoms. The number of anilines is 1. The number of benzene rings is 2. The van der Waals surface area contributed by atoms with Crippen LogP contribution in [0.4, 0.5) is 5.69 Å². The number of carbonyl (C=O) groups is 1. The van der Waals surface area contributed by atoms with Gasteiger partial charge in [0, 0.05) is 19.1 Å². The van der Waals surface area contributed by atoms with Gasteiger partial charge in [-0.25, -0.2) is 0 Å². The van der Waals surface area contributed by atoms with E-state index in [1.165, 1.54) is 0 Å². The van der Waals surface area contributed by atoms with Crippen LogP contribution in [0.2, 0.25) is 0 Å². The lowest BCUT2D eigenvalue weighted by Crippen LogP contribution is -2.13. The summed E-state index contributed by atoms with van der Waals surface area (Å²) in [7, 11) is 0. The average Bonchev–Trinajstić information content (AvgIpc) is 2.42. The van der Waals surface area contributed by atoms with Crippen molar-refractivity contribution in [3.8, 4) is 0 Å². The molecule has 98 valence electrons. The topological polar surface area (TPSA) is 29.1 Å². The molecule has 0 aliphatic carbocycles. The van der Waals surface area contributed by atoms with E-state index in [0.29, 0.717) is 10.9 Å². The van der Waals surface area contributed by atoms with Crippen LogP contribution in [0, 0.1) is 3.57 Å². The molecule has 0 heterocycles. The Morgan fingerprint density at radius 3 is 2.68 bits per heavy atom. The molecule has 0 saturated heterocycles. The van der Waals surface area contributed by atoms with Gasteiger partial charge in [0.25, 0.3) is 5.91 Å². The van der Waals surface area contributed by atoms with E-state index in [1.54, 1.807) is 0 Å². The zero-order valence-electron chi connectivity index (χ0n) is 9.79. The largest absolute Gasteiger partial charge is 0.322 e. The lowest BCUT2D eigenvalue weighted by Gasteiger charge is -2.10. The normalized spacial score (nSPS) is 10.3. The van der Waals surface area contributed by atoms with Crippen molar-refractivity contribution in [1.29, 1.82) is 0 Å². The number of halogens is 3. The highest BCUT2D eigenvalue weighted by Crippen LogP contribution is 2.23. The number of hydrogen-bond donors (Lipinski definition) is 1. The molecule has 0 spiro atoms. The zero-order valence-corrected chi connectivity index (χ0v) is 15.1. The van der Waals surface area contributed by atoms with Crippen LogP contribution in [0.1, 0.15) is 15.9 Å². The quantitative estimate of drug-likeness (QED) is 0.461. The molecular formula is C14H10Br2INO. The van der Waals surface area contributed by atoms with Crippen LogP contribution < -0.4 is 5.32 Å². The number of para-hydroxylation sites is 1. The van der Waals surface area contributed by atoms with Gasteiger partial charge in [-0.2, -0.15) is 0 Å². The number of nitrogens with one attached hydrogen (secondary N) is 1. The van der Waals surface area contributed by atoms with E-state index in [4.69, 9.17) is 0 Å². The minimum absolute atomic E-state index is 0.112. The van der Waals surface area contributed by atoms with E-state index in [1.807, 2.05) is 42.5 Å². The summed E-state index contributed by atoms with van der Waals surface area (Å²) in [5.41, 5.74) is 2.52. The van der Waals surface area contributed by atoms with E-state index in [9.17, 15) is 4.79 Å². The summed E-state index contributed by atoms with van der Waals surface area (Å²) in [6, 6.07) is 13.4. The third kappa shape index (κ3) is 3.79. The summed E-state index contributed by atoms with van der Waals surface area (Å²) in [4.78, 5) is 12.3. The lowest BCUT2D eigenvalue weighted by atomic mass is 10.1. The molecule has 1 N–H and O–H groups in total. The van der Waals surface area contributed by atoms with Crippen LogP contribution >= 0.6 is 54.5 Å². The Balaban J connectivity index is 2.28. The van der Waals surface area contributed by atoms with Gasteiger partial charge < -0.3 is 5.32 Å². The Kier molecular flexibility index (Phi) is 5.41. The van der Waals surface area contributed by atoms with E-state index in [2.05, 4.69) is 59.8 Å². The molecule has 5 heteroatoms. The maximum Gasteiger partial charge on any atom is 0.256 e. The molecule has 0 unspecified atom stereocenters. The summed E-state index contributed by atoms with van der Waals surface area (Å²) in [5, 5.41) is 3.65. The van der Waals surface area contributed by atoms with Gasteiger partial charge in [-0.05, 0) is 68.3 Å². The van der Waals surface area contributed by atoms with Gasteiger partial charge in [-0.1, -0.05) is 34.1 Å². The Hall–Kier alpha value is -0.400. The first kappa shape index (κ1) is 15.0. The monoisotopic (exact) mass is 493 g/mol. The van der Waals surface area contributed by atoms with Gasteiger partial charge in [0.1, 0.15) is 0 Å². The van der Waals surface area contributed by atoms with Crippen molar-refractivity contribution >= 4 is 66.0 Å². The van der Waals surface area contributed by atoms with E-state index < -0.39 is 0 Å². The lowest BCUT2D eigenvalue weighted by molar-refractivity contribution is 0.102. The molecule has 0 atom stereocenters. The first-order valence-electron chi connectivity index (χ1n) is 5.52. The molecule has 0 radical (unpaired) electrons. The Bertz CT molecular complexity index is 616. The van der Waals surface area contributed by atoms with Crippen molar-refractivity contribution in [2.45, 2.75) is 5.33 Å². The summed E-state index contributed by atoms with van der Waals surface area (Å²) >= 11 is 9.02. The standard InChI is InChI=1S/C14H10Br2INO/c15-8-9-3-1-2-4-13(9)18-14(19)11-7-10(17)5-6-12(11)16/h1-7H,8H2,(H,18,19).